The van der Waals surface area contributed by atoms with Crippen LogP contribution in [-0.4, -0.2) is 32.5 Å². The van der Waals surface area contributed by atoms with E-state index in [4.69, 9.17) is 9.47 Å². The van der Waals surface area contributed by atoms with Crippen molar-refractivity contribution >= 4 is 5.91 Å². The van der Waals surface area contributed by atoms with Gasteiger partial charge in [-0.25, -0.2) is 0 Å². The van der Waals surface area contributed by atoms with Gasteiger partial charge in [-0.1, -0.05) is 39.2 Å². The Kier molecular flexibility index (Phi) is 8.54. The molecule has 1 fully saturated rings. The highest BCUT2D eigenvalue weighted by Crippen LogP contribution is 2.25. The molecule has 0 bridgehead atoms. The van der Waals surface area contributed by atoms with Crippen LogP contribution in [0.2, 0.25) is 0 Å². The third-order valence-corrected chi connectivity index (χ3v) is 3.86. The third-order valence-electron chi connectivity index (χ3n) is 3.86. The van der Waals surface area contributed by atoms with Crippen LogP contribution in [0.5, 0.6) is 0 Å². The summed E-state index contributed by atoms with van der Waals surface area (Å²) in [5.74, 6) is -0.0149. The number of unbranched alkanes of at least 4 members (excludes halogenated alkanes) is 4. The minimum Gasteiger partial charge on any atom is -0.355 e. The van der Waals surface area contributed by atoms with E-state index in [2.05, 4.69) is 19.2 Å². The molecular formula is C16H29NO3. The molecular weight excluding hydrogens is 254 g/mol. The Labute approximate surface area is 122 Å². The molecule has 0 aromatic carbocycles. The summed E-state index contributed by atoms with van der Waals surface area (Å²) in [6.07, 6.45) is 10.5. The molecule has 4 nitrogen and oxygen atoms in total. The molecule has 0 aliphatic carbocycles. The van der Waals surface area contributed by atoms with Crippen LogP contribution < -0.4 is 5.32 Å². The summed E-state index contributed by atoms with van der Waals surface area (Å²) in [7, 11) is 0. The molecule has 0 aromatic rings. The topological polar surface area (TPSA) is 47.6 Å². The zero-order valence-electron chi connectivity index (χ0n) is 13.0. The smallest absolute Gasteiger partial charge is 0.243 e. The molecule has 0 radical (unpaired) electrons. The minimum absolute atomic E-state index is 0.0149. The van der Waals surface area contributed by atoms with Crippen molar-refractivity contribution in [1.82, 2.24) is 5.32 Å². The molecule has 1 heterocycles. The van der Waals surface area contributed by atoms with Crippen LogP contribution in [0.25, 0.3) is 0 Å². The van der Waals surface area contributed by atoms with Crippen molar-refractivity contribution < 1.29 is 14.3 Å². The Morgan fingerprint density at radius 2 is 1.95 bits per heavy atom. The van der Waals surface area contributed by atoms with E-state index >= 15 is 0 Å². The second-order valence-corrected chi connectivity index (χ2v) is 5.64. The molecule has 4 heteroatoms. The normalized spacial score (nSPS) is 18.3. The molecule has 20 heavy (non-hydrogen) atoms. The monoisotopic (exact) mass is 283 g/mol. The molecule has 0 aromatic heterocycles. The number of nitrogens with one attached hydrogen (secondary N) is 1. The van der Waals surface area contributed by atoms with Gasteiger partial charge in [-0.05, 0) is 25.3 Å². The number of allylic oxidation sites excluding steroid dienone is 1. The summed E-state index contributed by atoms with van der Waals surface area (Å²) in [4.78, 5) is 11.8. The Balaban J connectivity index is 2.19. The van der Waals surface area contributed by atoms with Crippen molar-refractivity contribution in [2.24, 2.45) is 5.41 Å². The van der Waals surface area contributed by atoms with E-state index in [1.165, 1.54) is 19.3 Å². The van der Waals surface area contributed by atoms with Gasteiger partial charge in [0, 0.05) is 12.0 Å². The highest BCUT2D eigenvalue weighted by molar-refractivity contribution is 5.87. The van der Waals surface area contributed by atoms with Gasteiger partial charge in [0.25, 0.3) is 0 Å². The lowest BCUT2D eigenvalue weighted by atomic mass is 9.86. The average molecular weight is 283 g/mol. The summed E-state index contributed by atoms with van der Waals surface area (Å²) < 4.78 is 10.7. The number of hydrogen-bond donors (Lipinski definition) is 1. The van der Waals surface area contributed by atoms with Crippen molar-refractivity contribution in [2.45, 2.75) is 52.4 Å². The predicted octanol–water partition coefficient (Wildman–Crippen LogP) is 3.03. The molecule has 0 saturated carbocycles. The van der Waals surface area contributed by atoms with E-state index in [-0.39, 0.29) is 11.3 Å². The third kappa shape index (κ3) is 6.53. The van der Waals surface area contributed by atoms with Crippen LogP contribution >= 0.6 is 0 Å². The Morgan fingerprint density at radius 1 is 1.20 bits per heavy atom. The van der Waals surface area contributed by atoms with Crippen molar-refractivity contribution in [3.8, 4) is 0 Å². The van der Waals surface area contributed by atoms with Crippen LogP contribution in [0.3, 0.4) is 0 Å². The van der Waals surface area contributed by atoms with E-state index < -0.39 is 0 Å². The molecule has 0 unspecified atom stereocenters. The summed E-state index contributed by atoms with van der Waals surface area (Å²) >= 11 is 0. The Bertz CT molecular complexity index is 296. The zero-order chi connectivity index (χ0) is 14.7. The molecule has 1 amide bonds. The van der Waals surface area contributed by atoms with Crippen LogP contribution in [-0.2, 0) is 14.3 Å². The van der Waals surface area contributed by atoms with Crippen LogP contribution in [0.15, 0.2) is 12.2 Å². The predicted molar refractivity (Wildman–Crippen MR) is 80.4 cm³/mol. The maximum absolute atomic E-state index is 11.8. The highest BCUT2D eigenvalue weighted by Gasteiger charge is 2.32. The summed E-state index contributed by atoms with van der Waals surface area (Å²) in [6, 6.07) is 0. The maximum atomic E-state index is 11.8. The maximum Gasteiger partial charge on any atom is 0.243 e. The zero-order valence-corrected chi connectivity index (χ0v) is 13.0. The summed E-state index contributed by atoms with van der Waals surface area (Å²) in [6.45, 7) is 6.60. The fourth-order valence-corrected chi connectivity index (χ4v) is 2.26. The van der Waals surface area contributed by atoms with Crippen LogP contribution in [0.1, 0.15) is 52.4 Å². The lowest BCUT2D eigenvalue weighted by Gasteiger charge is -2.35. The molecule has 0 spiro atoms. The fraction of sp³-hybridized carbons (Fsp3) is 0.812. The molecule has 1 aliphatic rings. The number of carbonyl (C=O) groups is 1. The van der Waals surface area contributed by atoms with Gasteiger partial charge in [-0.2, -0.15) is 0 Å². The van der Waals surface area contributed by atoms with Crippen molar-refractivity contribution in [3.05, 3.63) is 12.2 Å². The molecule has 1 N–H and O–H groups in total. The standard InChI is InChI=1S/C16H29NO3/c1-3-5-6-7-8-9-10-15(18)17-11-16(4-2)12-19-14-20-13-16/h9-10H,3-8,11-14H2,1-2H3,(H,17,18). The molecule has 1 rings (SSSR count). The van der Waals surface area contributed by atoms with Gasteiger partial charge in [-0.15, -0.1) is 0 Å². The van der Waals surface area contributed by atoms with Crippen molar-refractivity contribution in [3.63, 3.8) is 0 Å². The Morgan fingerprint density at radius 3 is 2.60 bits per heavy atom. The van der Waals surface area contributed by atoms with Gasteiger partial charge in [0.1, 0.15) is 6.79 Å². The first kappa shape index (κ1) is 17.2. The van der Waals surface area contributed by atoms with Gasteiger partial charge in [-0.3, -0.25) is 4.79 Å². The van der Waals surface area contributed by atoms with Gasteiger partial charge >= 0.3 is 0 Å². The number of amides is 1. The van der Waals surface area contributed by atoms with E-state index in [1.807, 2.05) is 6.08 Å². The van der Waals surface area contributed by atoms with Gasteiger partial charge in [0.05, 0.1) is 13.2 Å². The lowest BCUT2D eigenvalue weighted by molar-refractivity contribution is -0.164. The van der Waals surface area contributed by atoms with E-state index in [0.29, 0.717) is 26.6 Å². The van der Waals surface area contributed by atoms with Gasteiger partial charge in [0.2, 0.25) is 5.91 Å². The number of hydrogen-bond acceptors (Lipinski definition) is 3. The van der Waals surface area contributed by atoms with Gasteiger partial charge < -0.3 is 14.8 Å². The summed E-state index contributed by atoms with van der Waals surface area (Å²) in [5, 5.41) is 2.96. The quantitative estimate of drug-likeness (QED) is 0.522. The molecule has 0 atom stereocenters. The largest absolute Gasteiger partial charge is 0.355 e. The molecule has 116 valence electrons. The van der Waals surface area contributed by atoms with Crippen LogP contribution in [0.4, 0.5) is 0 Å². The van der Waals surface area contributed by atoms with E-state index in [1.54, 1.807) is 6.08 Å². The molecule has 1 saturated heterocycles. The first-order valence-electron chi connectivity index (χ1n) is 7.82. The van der Waals surface area contributed by atoms with E-state index in [0.717, 1.165) is 19.3 Å². The first-order valence-corrected chi connectivity index (χ1v) is 7.82. The number of carbonyl (C=O) groups excluding carboxylic acids is 1. The average Bonchev–Trinajstić information content (AvgIpc) is 2.49. The van der Waals surface area contributed by atoms with Gasteiger partial charge in [0.15, 0.2) is 0 Å². The fourth-order valence-electron chi connectivity index (χ4n) is 2.26. The second kappa shape index (κ2) is 9.94. The number of rotatable bonds is 9. The minimum atomic E-state index is -0.0666. The second-order valence-electron chi connectivity index (χ2n) is 5.64. The van der Waals surface area contributed by atoms with Crippen molar-refractivity contribution in [2.75, 3.05) is 26.6 Å². The number of ether oxygens (including phenoxy) is 2. The molecule has 1 aliphatic heterocycles. The van der Waals surface area contributed by atoms with E-state index in [9.17, 15) is 4.79 Å². The summed E-state index contributed by atoms with van der Waals surface area (Å²) in [5.41, 5.74) is -0.0666. The first-order chi connectivity index (χ1) is 9.72. The highest BCUT2D eigenvalue weighted by atomic mass is 16.7. The van der Waals surface area contributed by atoms with Crippen molar-refractivity contribution in [1.29, 1.82) is 0 Å². The SMILES string of the molecule is CCCCCCC=CC(=O)NCC1(CC)COCOC1. The van der Waals surface area contributed by atoms with Crippen LogP contribution in [0, 0.1) is 5.41 Å². The lowest BCUT2D eigenvalue weighted by Crippen LogP contribution is -2.46. The Hall–Kier alpha value is -0.870.